The zero-order chi connectivity index (χ0) is 12.2. The van der Waals surface area contributed by atoms with Crippen molar-refractivity contribution < 1.29 is 5.11 Å². The molecule has 0 saturated heterocycles. The van der Waals surface area contributed by atoms with E-state index in [1.807, 2.05) is 12.1 Å². The van der Waals surface area contributed by atoms with Crippen molar-refractivity contribution in [2.45, 2.75) is 65.4 Å². The van der Waals surface area contributed by atoms with Crippen molar-refractivity contribution in [2.24, 2.45) is 0 Å². The van der Waals surface area contributed by atoms with Crippen LogP contribution >= 0.6 is 0 Å². The summed E-state index contributed by atoms with van der Waals surface area (Å²) >= 11 is 0. The van der Waals surface area contributed by atoms with E-state index >= 15 is 0 Å². The van der Waals surface area contributed by atoms with E-state index in [9.17, 15) is 5.11 Å². The van der Waals surface area contributed by atoms with Crippen LogP contribution in [0.4, 0.5) is 0 Å². The summed E-state index contributed by atoms with van der Waals surface area (Å²) in [7, 11) is 0. The fourth-order valence-electron chi connectivity index (χ4n) is 0.938. The molecule has 0 aromatic rings. The average molecular weight is 211 g/mol. The van der Waals surface area contributed by atoms with Crippen molar-refractivity contribution in [1.82, 2.24) is 0 Å². The molecule has 15 heavy (non-hydrogen) atoms. The molecule has 0 heterocycles. The van der Waals surface area contributed by atoms with Crippen LogP contribution in [0.3, 0.4) is 0 Å². The molecule has 0 aliphatic carbocycles. The van der Waals surface area contributed by atoms with Crippen LogP contribution in [0.2, 0.25) is 0 Å². The van der Waals surface area contributed by atoms with Gasteiger partial charge in [0.1, 0.15) is 0 Å². The second kappa shape index (κ2) is 11.3. The number of nitrogens with zero attached hydrogens (tertiary/aromatic N) is 1. The van der Waals surface area contributed by atoms with Crippen molar-refractivity contribution in [3.8, 4) is 6.07 Å². The smallest absolute Gasteiger partial charge is 0.0752 e. The second-order valence-corrected chi connectivity index (χ2v) is 3.96. The van der Waals surface area contributed by atoms with Gasteiger partial charge in [0.15, 0.2) is 0 Å². The normalized spacial score (nSPS) is 13.9. The van der Waals surface area contributed by atoms with E-state index in [0.29, 0.717) is 6.42 Å². The molecule has 2 nitrogen and oxygen atoms in total. The highest BCUT2D eigenvalue weighted by Gasteiger charge is 2.17. The van der Waals surface area contributed by atoms with E-state index in [4.69, 9.17) is 5.26 Å². The maximum absolute atomic E-state index is 9.56. The summed E-state index contributed by atoms with van der Waals surface area (Å²) in [6, 6.07) is 1.97. The molecule has 0 amide bonds. The summed E-state index contributed by atoms with van der Waals surface area (Å²) in [5, 5.41) is 17.9. The van der Waals surface area contributed by atoms with Crippen LogP contribution in [-0.4, -0.2) is 10.7 Å². The Kier molecular flexibility index (Phi) is 12.5. The first kappa shape index (κ1) is 16.6. The van der Waals surface area contributed by atoms with Crippen molar-refractivity contribution in [2.75, 3.05) is 0 Å². The Labute approximate surface area is 94.6 Å². The third kappa shape index (κ3) is 15.9. The lowest BCUT2D eigenvalue weighted by molar-refractivity contribution is 0.0568. The molecular weight excluding hydrogens is 186 g/mol. The van der Waals surface area contributed by atoms with Crippen molar-refractivity contribution in [3.05, 3.63) is 12.2 Å². The highest BCUT2D eigenvalue weighted by Crippen LogP contribution is 2.15. The molecule has 0 fully saturated rings. The lowest BCUT2D eigenvalue weighted by Crippen LogP contribution is -2.22. The molecule has 0 radical (unpaired) electrons. The Balaban J connectivity index is 0. The number of nitriles is 1. The van der Waals surface area contributed by atoms with Gasteiger partial charge in [-0.1, -0.05) is 39.3 Å². The predicted octanol–water partition coefficient (Wildman–Crippen LogP) is 3.81. The van der Waals surface area contributed by atoms with Gasteiger partial charge < -0.3 is 5.11 Å². The Hall–Kier alpha value is -0.810. The Morgan fingerprint density at radius 3 is 2.20 bits per heavy atom. The predicted molar refractivity (Wildman–Crippen MR) is 65.5 cm³/mol. The largest absolute Gasteiger partial charge is 0.389 e. The highest BCUT2D eigenvalue weighted by molar-refractivity contribution is 4.89. The molecule has 0 rings (SSSR count). The molecule has 1 atom stereocenters. The molecule has 0 saturated carbocycles. The number of rotatable bonds is 5. The van der Waals surface area contributed by atoms with Crippen LogP contribution in [0, 0.1) is 11.3 Å². The van der Waals surface area contributed by atoms with Crippen LogP contribution in [0.25, 0.3) is 0 Å². The van der Waals surface area contributed by atoms with Gasteiger partial charge in [-0.3, -0.25) is 0 Å². The standard InChI is InChI=1S/C10H17NO.C3H8/c1-3-4-5-6-7-10(2,12)8-9-11;1-3-2/h4-5,12H,3,6-8H2,1-2H3;3H2,1-2H3/b5-4+;. The summed E-state index contributed by atoms with van der Waals surface area (Å²) in [5.74, 6) is 0. The van der Waals surface area contributed by atoms with Gasteiger partial charge in [-0.15, -0.1) is 0 Å². The van der Waals surface area contributed by atoms with Crippen LogP contribution < -0.4 is 0 Å². The SMILES string of the molecule is CC/C=C/CCC(C)(O)CC#N.CCC. The van der Waals surface area contributed by atoms with Crippen LogP contribution in [-0.2, 0) is 0 Å². The quantitative estimate of drug-likeness (QED) is 0.703. The third-order valence-corrected chi connectivity index (χ3v) is 1.71. The first-order chi connectivity index (χ1) is 7.04. The molecule has 2 heteroatoms. The molecule has 88 valence electrons. The monoisotopic (exact) mass is 211 g/mol. The summed E-state index contributed by atoms with van der Waals surface area (Å²) in [5.41, 5.74) is -0.813. The van der Waals surface area contributed by atoms with E-state index in [1.54, 1.807) is 6.92 Å². The van der Waals surface area contributed by atoms with Gasteiger partial charge in [-0.2, -0.15) is 5.26 Å². The van der Waals surface area contributed by atoms with Gasteiger partial charge in [0.2, 0.25) is 0 Å². The Morgan fingerprint density at radius 1 is 1.27 bits per heavy atom. The number of hydrogen-bond acceptors (Lipinski definition) is 2. The van der Waals surface area contributed by atoms with Gasteiger partial charge in [0.05, 0.1) is 18.1 Å². The lowest BCUT2D eigenvalue weighted by atomic mass is 9.97. The van der Waals surface area contributed by atoms with Gasteiger partial charge in [0, 0.05) is 0 Å². The fourth-order valence-corrected chi connectivity index (χ4v) is 0.938. The molecule has 0 aromatic heterocycles. The zero-order valence-corrected chi connectivity index (χ0v) is 10.6. The number of aliphatic hydroxyl groups is 1. The minimum absolute atomic E-state index is 0.215. The molecule has 0 bridgehead atoms. The van der Waals surface area contributed by atoms with Gasteiger partial charge in [-0.25, -0.2) is 0 Å². The fraction of sp³-hybridized carbons (Fsp3) is 0.769. The average Bonchev–Trinajstić information content (AvgIpc) is 2.14. The molecule has 0 spiro atoms. The van der Waals surface area contributed by atoms with Gasteiger partial charge in [0.25, 0.3) is 0 Å². The molecular formula is C13H25NO. The minimum Gasteiger partial charge on any atom is -0.389 e. The van der Waals surface area contributed by atoms with Crippen molar-refractivity contribution >= 4 is 0 Å². The molecule has 1 unspecified atom stereocenters. The summed E-state index contributed by atoms with van der Waals surface area (Å²) in [6.45, 7) is 8.03. The maximum atomic E-state index is 9.56. The molecule has 0 aliphatic rings. The van der Waals surface area contributed by atoms with Crippen molar-refractivity contribution in [1.29, 1.82) is 5.26 Å². The van der Waals surface area contributed by atoms with E-state index < -0.39 is 5.60 Å². The van der Waals surface area contributed by atoms with Gasteiger partial charge >= 0.3 is 0 Å². The lowest BCUT2D eigenvalue weighted by Gasteiger charge is -2.18. The third-order valence-electron chi connectivity index (χ3n) is 1.71. The second-order valence-electron chi connectivity index (χ2n) is 3.96. The maximum Gasteiger partial charge on any atom is 0.0752 e. The van der Waals surface area contributed by atoms with E-state index in [1.165, 1.54) is 6.42 Å². The van der Waals surface area contributed by atoms with Gasteiger partial charge in [-0.05, 0) is 26.2 Å². The van der Waals surface area contributed by atoms with Crippen LogP contribution in [0.5, 0.6) is 0 Å². The van der Waals surface area contributed by atoms with Crippen LogP contribution in [0.1, 0.15) is 59.8 Å². The number of hydrogen-bond donors (Lipinski definition) is 1. The number of allylic oxidation sites excluding steroid dienone is 2. The summed E-state index contributed by atoms with van der Waals surface area (Å²) in [4.78, 5) is 0. The van der Waals surface area contributed by atoms with Crippen molar-refractivity contribution in [3.63, 3.8) is 0 Å². The van der Waals surface area contributed by atoms with E-state index in [0.717, 1.165) is 12.8 Å². The summed E-state index contributed by atoms with van der Waals surface area (Å²) < 4.78 is 0. The Bertz CT molecular complexity index is 189. The molecule has 0 aliphatic heterocycles. The first-order valence-electron chi connectivity index (χ1n) is 5.78. The highest BCUT2D eigenvalue weighted by atomic mass is 16.3. The van der Waals surface area contributed by atoms with E-state index in [2.05, 4.69) is 26.8 Å². The zero-order valence-electron chi connectivity index (χ0n) is 10.6. The summed E-state index contributed by atoms with van der Waals surface area (Å²) in [6.07, 6.45) is 8.13. The topological polar surface area (TPSA) is 44.0 Å². The Morgan fingerprint density at radius 2 is 1.80 bits per heavy atom. The molecule has 0 aromatic carbocycles. The minimum atomic E-state index is -0.813. The van der Waals surface area contributed by atoms with E-state index in [-0.39, 0.29) is 6.42 Å². The van der Waals surface area contributed by atoms with Crippen LogP contribution in [0.15, 0.2) is 12.2 Å². The first-order valence-corrected chi connectivity index (χ1v) is 5.78. The molecule has 1 N–H and O–H groups in total.